The number of ether oxygens (including phenoxy) is 5. The number of aliphatic hydroxyl groups is 5. The van der Waals surface area contributed by atoms with E-state index in [-0.39, 0.29) is 0 Å². The molecular formula is C21H34O24S3. The molecule has 3 heterocycles. The maximum absolute atomic E-state index is 11.5. The summed E-state index contributed by atoms with van der Waals surface area (Å²) in [7, 11) is -15.6. The summed E-state index contributed by atoms with van der Waals surface area (Å²) in [5, 5.41) is 61.6. The molecule has 0 aliphatic carbocycles. The van der Waals surface area contributed by atoms with Crippen molar-refractivity contribution in [2.45, 2.75) is 74.4 Å². The largest absolute Gasteiger partial charge is 0.475 e. The second kappa shape index (κ2) is 16.1. The highest BCUT2D eigenvalue weighted by Gasteiger charge is 2.50. The Balaban J connectivity index is 1.80. The summed E-state index contributed by atoms with van der Waals surface area (Å²) >= 11 is 0. The molecule has 48 heavy (non-hydrogen) atoms. The molecule has 0 radical (unpaired) electrons. The fourth-order valence-electron chi connectivity index (χ4n) is 5.03. The van der Waals surface area contributed by atoms with Crippen molar-refractivity contribution >= 4 is 37.2 Å². The maximum atomic E-state index is 11.5. The summed E-state index contributed by atoms with van der Waals surface area (Å²) in [6.07, 6.45) is -19.5. The number of carboxylic acid groups (broad SMARTS) is 1. The third-order valence-electron chi connectivity index (χ3n) is 7.24. The van der Waals surface area contributed by atoms with Crippen LogP contribution in [0.25, 0.3) is 0 Å². The van der Waals surface area contributed by atoms with Gasteiger partial charge in [0.2, 0.25) is 12.0 Å². The average molecular weight is 767 g/mol. The molecule has 0 aromatic rings. The summed E-state index contributed by atoms with van der Waals surface area (Å²) in [4.78, 5) is 11.3. The quantitative estimate of drug-likeness (QED) is 0.0703. The smallest absolute Gasteiger partial charge is 0.397 e. The second-order valence-electron chi connectivity index (χ2n) is 10.6. The molecule has 0 aromatic heterocycles. The van der Waals surface area contributed by atoms with Gasteiger partial charge in [-0.15, -0.1) is 0 Å². The molecule has 0 aromatic carbocycles. The van der Waals surface area contributed by atoms with Crippen LogP contribution in [0.3, 0.4) is 0 Å². The van der Waals surface area contributed by atoms with Gasteiger partial charge >= 0.3 is 37.2 Å². The van der Waals surface area contributed by atoms with Crippen LogP contribution in [0.2, 0.25) is 0 Å². The topological polar surface area (TPSA) is 375 Å². The molecule has 2 saturated heterocycles. The first-order valence-electron chi connectivity index (χ1n) is 13.4. The number of carboxylic acids is 1. The van der Waals surface area contributed by atoms with E-state index in [0.29, 0.717) is 6.08 Å². The minimum Gasteiger partial charge on any atom is -0.475 e. The van der Waals surface area contributed by atoms with Crippen LogP contribution in [0.5, 0.6) is 0 Å². The second-order valence-corrected chi connectivity index (χ2v) is 13.8. The van der Waals surface area contributed by atoms with Crippen molar-refractivity contribution in [3.05, 3.63) is 11.8 Å². The summed E-state index contributed by atoms with van der Waals surface area (Å²) in [6.45, 7) is -2.10. The van der Waals surface area contributed by atoms with Gasteiger partial charge in [0, 0.05) is 11.8 Å². The fraction of sp³-hybridized carbons (Fsp3) is 0.857. The molecule has 9 N–H and O–H groups in total. The molecule has 5 unspecified atom stereocenters. The molecule has 0 bridgehead atoms. The van der Waals surface area contributed by atoms with Crippen LogP contribution in [-0.2, 0) is 72.2 Å². The predicted octanol–water partition coefficient (Wildman–Crippen LogP) is -5.28. The molecule has 0 amide bonds. The van der Waals surface area contributed by atoms with Gasteiger partial charge < -0.3 is 54.3 Å². The zero-order valence-corrected chi connectivity index (χ0v) is 26.7. The number of rotatable bonds is 15. The van der Waals surface area contributed by atoms with Gasteiger partial charge in [-0.05, 0) is 13.0 Å². The third kappa shape index (κ3) is 11.4. The van der Waals surface area contributed by atoms with Crippen molar-refractivity contribution in [1.29, 1.82) is 0 Å². The number of aliphatic carboxylic acids is 1. The summed E-state index contributed by atoms with van der Waals surface area (Å²) in [6, 6.07) is 0. The fourth-order valence-corrected chi connectivity index (χ4v) is 6.41. The minimum absolute atomic E-state index is 0.687. The number of aliphatic hydroxyl groups excluding tert-OH is 5. The van der Waals surface area contributed by atoms with Gasteiger partial charge in [-0.2, -0.15) is 25.3 Å². The van der Waals surface area contributed by atoms with E-state index in [4.69, 9.17) is 37.9 Å². The van der Waals surface area contributed by atoms with E-state index in [1.54, 1.807) is 0 Å². The van der Waals surface area contributed by atoms with Crippen molar-refractivity contribution in [2.75, 3.05) is 26.4 Å². The minimum atomic E-state index is -5.35. The standard InChI is InChI=1S/C21H34O24S3/c1-7-17(44-47(32,33)34)16(25)18(45-48(35,36)37)13(41-7)5-38-3-8-9(20(28)42-12(14(8)23)6-40-46(29,30)31)4-39-21-15(24)10(22)2-11(43-21)19(26)27/h2,7-10,12-18,20-25,28H,3-6H2,1H3,(H,26,27)(H,29,30,31)(H,32,33,34)(H,35,36,37)/t7?,8?,9-,10?,12?,13+,14+,15+,16?,17-,18+,20-,21-/m1/s1. The molecule has 3 aliphatic heterocycles. The van der Waals surface area contributed by atoms with E-state index >= 15 is 0 Å². The Bertz CT molecular complexity index is 1460. The van der Waals surface area contributed by atoms with Crippen LogP contribution in [-0.4, -0.2) is 169 Å². The van der Waals surface area contributed by atoms with E-state index in [2.05, 4.69) is 12.5 Å². The Labute approximate surface area is 272 Å². The van der Waals surface area contributed by atoms with Crippen molar-refractivity contribution in [3.8, 4) is 0 Å². The van der Waals surface area contributed by atoms with Gasteiger partial charge in [-0.3, -0.25) is 13.7 Å². The van der Waals surface area contributed by atoms with Gasteiger partial charge in [0.25, 0.3) is 0 Å². The highest BCUT2D eigenvalue weighted by Crippen LogP contribution is 2.34. The van der Waals surface area contributed by atoms with E-state index in [1.165, 1.54) is 0 Å². The first-order chi connectivity index (χ1) is 22.0. The molecule has 3 aliphatic rings. The van der Waals surface area contributed by atoms with Crippen LogP contribution in [0.4, 0.5) is 0 Å². The van der Waals surface area contributed by atoms with Crippen LogP contribution in [0.15, 0.2) is 11.8 Å². The Kier molecular flexibility index (Phi) is 13.6. The van der Waals surface area contributed by atoms with Crippen LogP contribution < -0.4 is 0 Å². The number of hydrogen-bond acceptors (Lipinski definition) is 20. The average Bonchev–Trinajstić information content (AvgIpc) is 2.93. The third-order valence-corrected chi connectivity index (χ3v) is 8.60. The van der Waals surface area contributed by atoms with Gasteiger partial charge in [0.05, 0.1) is 38.6 Å². The van der Waals surface area contributed by atoms with E-state index in [9.17, 15) is 60.1 Å². The first-order valence-corrected chi connectivity index (χ1v) is 17.5. The van der Waals surface area contributed by atoms with E-state index in [0.717, 1.165) is 6.92 Å². The van der Waals surface area contributed by atoms with Crippen LogP contribution in [0.1, 0.15) is 6.92 Å². The van der Waals surface area contributed by atoms with Gasteiger partial charge in [-0.1, -0.05) is 0 Å². The van der Waals surface area contributed by atoms with Crippen molar-refractivity contribution in [2.24, 2.45) is 11.8 Å². The highest BCUT2D eigenvalue weighted by atomic mass is 32.3. The molecule has 3 rings (SSSR count). The molecule has 27 heteroatoms. The number of hydrogen-bond donors (Lipinski definition) is 9. The lowest BCUT2D eigenvalue weighted by Gasteiger charge is -2.44. The molecule has 0 spiro atoms. The van der Waals surface area contributed by atoms with Crippen molar-refractivity contribution in [3.63, 3.8) is 0 Å². The lowest BCUT2D eigenvalue weighted by Crippen LogP contribution is -2.60. The Morgan fingerprint density at radius 3 is 1.92 bits per heavy atom. The molecule has 0 saturated carbocycles. The maximum Gasteiger partial charge on any atom is 0.397 e. The van der Waals surface area contributed by atoms with Gasteiger partial charge in [0.1, 0.15) is 42.7 Å². The molecule has 2 fully saturated rings. The Morgan fingerprint density at radius 2 is 1.35 bits per heavy atom. The summed E-state index contributed by atoms with van der Waals surface area (Å²) in [5.41, 5.74) is 0. The van der Waals surface area contributed by atoms with E-state index < -0.39 is 149 Å². The number of carbonyl (C=O) groups is 1. The van der Waals surface area contributed by atoms with Crippen molar-refractivity contribution in [1.82, 2.24) is 0 Å². The van der Waals surface area contributed by atoms with E-state index in [1.807, 2.05) is 0 Å². The Morgan fingerprint density at radius 1 is 0.750 bits per heavy atom. The molecule has 13 atom stereocenters. The first kappa shape index (κ1) is 40.7. The lowest BCUT2D eigenvalue weighted by molar-refractivity contribution is -0.284. The SMILES string of the molecule is CC1O[C@@H](COCC2[C@H](O)C(COS(=O)(=O)O)O[C@@H](O)[C@@H]2CO[C@@H]2OC(C(=O)O)=CC(O)[C@@H]2O)[C@H](OS(=O)(=O)O)C(O)[C@@H]1OS(=O)(=O)O. The molecular weight excluding hydrogens is 732 g/mol. The zero-order valence-electron chi connectivity index (χ0n) is 24.3. The Hall–Kier alpha value is -1.74. The molecule has 280 valence electrons. The highest BCUT2D eigenvalue weighted by molar-refractivity contribution is 7.81. The van der Waals surface area contributed by atoms with Gasteiger partial charge in [0.15, 0.2) is 6.29 Å². The summed E-state index contributed by atoms with van der Waals surface area (Å²) in [5.74, 6) is -5.21. The van der Waals surface area contributed by atoms with Crippen LogP contribution in [0, 0.1) is 11.8 Å². The summed E-state index contributed by atoms with van der Waals surface area (Å²) < 4.78 is 134. The normalized spacial score (nSPS) is 38.2. The zero-order chi connectivity index (χ0) is 36.4. The predicted molar refractivity (Wildman–Crippen MR) is 144 cm³/mol. The van der Waals surface area contributed by atoms with Crippen molar-refractivity contribution < 1.29 is 111 Å². The van der Waals surface area contributed by atoms with Crippen LogP contribution >= 0.6 is 0 Å². The monoisotopic (exact) mass is 766 g/mol. The lowest BCUT2D eigenvalue weighted by atomic mass is 9.83. The van der Waals surface area contributed by atoms with Gasteiger partial charge in [-0.25, -0.2) is 17.3 Å². The molecule has 24 nitrogen and oxygen atoms in total.